The fraction of sp³-hybridized carbons (Fsp3) is 0.945. The average molecular weight is 1350 g/mol. The number of phosphoric ester groups is 2. The van der Waals surface area contributed by atoms with Gasteiger partial charge < -0.3 is 33.8 Å². The fourth-order valence-electron chi connectivity index (χ4n) is 11.1. The second-order valence-corrected chi connectivity index (χ2v) is 30.2. The standard InChI is InChI=1S/C73H142O17P2/c1-7-9-11-13-15-17-19-21-23-24-25-26-28-30-32-37-45-51-57-72(77)89-68(61-83-70(75)55-49-43-36-31-29-27-22-20-18-16-14-12-10-8-2)63-87-91(79,80)85-59-67(74)60-86-92(81,82)88-64-69(62-84-71(76)56-50-44-40-39-42-48-54-66(5)6)90-73(78)58-52-46-38-34-33-35-41-47-53-65(3)4/h65-69,74H,7-64H2,1-6H3,(H,79,80)(H,81,82)/t67-,68-,69-/m1/s1. The summed E-state index contributed by atoms with van der Waals surface area (Å²) in [6.45, 7) is 9.45. The summed E-state index contributed by atoms with van der Waals surface area (Å²) in [5, 5.41) is 10.6. The van der Waals surface area contributed by atoms with Crippen LogP contribution in [-0.4, -0.2) is 96.7 Å². The molecule has 0 fully saturated rings. The molecule has 0 heterocycles. The Kier molecular flexibility index (Phi) is 63.7. The van der Waals surface area contributed by atoms with E-state index in [9.17, 15) is 43.2 Å². The van der Waals surface area contributed by atoms with Gasteiger partial charge in [-0.15, -0.1) is 0 Å². The molecule has 546 valence electrons. The van der Waals surface area contributed by atoms with E-state index in [2.05, 4.69) is 41.5 Å². The molecule has 3 N–H and O–H groups in total. The monoisotopic (exact) mass is 1350 g/mol. The maximum Gasteiger partial charge on any atom is 0.472 e. The number of aliphatic hydroxyl groups excluding tert-OH is 1. The summed E-state index contributed by atoms with van der Waals surface area (Å²) in [6.07, 6.45) is 51.6. The molecule has 0 radical (unpaired) electrons. The van der Waals surface area contributed by atoms with Crippen molar-refractivity contribution in [2.75, 3.05) is 39.6 Å². The number of carbonyl (C=O) groups is 4. The Hall–Kier alpha value is -1.94. The second-order valence-electron chi connectivity index (χ2n) is 27.3. The molecule has 0 saturated heterocycles. The van der Waals surface area contributed by atoms with Crippen molar-refractivity contribution < 1.29 is 80.2 Å². The zero-order chi connectivity index (χ0) is 67.9. The first kappa shape index (κ1) is 90.1. The van der Waals surface area contributed by atoms with Crippen LogP contribution < -0.4 is 0 Å². The predicted molar refractivity (Wildman–Crippen MR) is 372 cm³/mol. The first-order chi connectivity index (χ1) is 44.4. The van der Waals surface area contributed by atoms with Gasteiger partial charge in [-0.3, -0.25) is 37.3 Å². The van der Waals surface area contributed by atoms with Crippen LogP contribution >= 0.6 is 15.6 Å². The van der Waals surface area contributed by atoms with Crippen molar-refractivity contribution in [3.8, 4) is 0 Å². The minimum absolute atomic E-state index is 0.104. The second kappa shape index (κ2) is 65.0. The lowest BCUT2D eigenvalue weighted by Crippen LogP contribution is -2.30. The van der Waals surface area contributed by atoms with Gasteiger partial charge in [0, 0.05) is 25.7 Å². The maximum atomic E-state index is 13.1. The van der Waals surface area contributed by atoms with Gasteiger partial charge in [0.1, 0.15) is 19.3 Å². The molecule has 0 aliphatic heterocycles. The van der Waals surface area contributed by atoms with Gasteiger partial charge in [-0.05, 0) is 37.5 Å². The van der Waals surface area contributed by atoms with Crippen molar-refractivity contribution >= 4 is 39.5 Å². The lowest BCUT2D eigenvalue weighted by molar-refractivity contribution is -0.161. The largest absolute Gasteiger partial charge is 0.472 e. The summed E-state index contributed by atoms with van der Waals surface area (Å²) in [6, 6.07) is 0. The number of phosphoric acid groups is 2. The first-order valence-corrected chi connectivity index (χ1v) is 41.0. The Bertz CT molecular complexity index is 1790. The molecule has 0 aromatic rings. The van der Waals surface area contributed by atoms with Gasteiger partial charge in [0.05, 0.1) is 26.4 Å². The van der Waals surface area contributed by atoms with Crippen molar-refractivity contribution in [1.82, 2.24) is 0 Å². The number of aliphatic hydroxyl groups is 1. The Morgan fingerprint density at radius 3 is 0.739 bits per heavy atom. The molecule has 17 nitrogen and oxygen atoms in total. The van der Waals surface area contributed by atoms with Gasteiger partial charge in [0.2, 0.25) is 0 Å². The van der Waals surface area contributed by atoms with E-state index in [4.69, 9.17) is 37.0 Å². The summed E-state index contributed by atoms with van der Waals surface area (Å²) in [5.41, 5.74) is 0. The molecule has 0 bridgehead atoms. The van der Waals surface area contributed by atoms with Crippen LogP contribution in [-0.2, 0) is 65.4 Å². The third-order valence-electron chi connectivity index (χ3n) is 17.0. The number of rotatable bonds is 72. The minimum atomic E-state index is -4.95. The summed E-state index contributed by atoms with van der Waals surface area (Å²) >= 11 is 0. The van der Waals surface area contributed by atoms with E-state index in [0.717, 1.165) is 102 Å². The molecule has 92 heavy (non-hydrogen) atoms. The number of esters is 4. The van der Waals surface area contributed by atoms with Crippen molar-refractivity contribution in [3.63, 3.8) is 0 Å². The van der Waals surface area contributed by atoms with Crippen molar-refractivity contribution in [2.45, 2.75) is 394 Å². The number of carbonyl (C=O) groups excluding carboxylic acids is 4. The molecule has 0 spiro atoms. The van der Waals surface area contributed by atoms with E-state index < -0.39 is 97.5 Å². The van der Waals surface area contributed by atoms with Crippen LogP contribution in [0.25, 0.3) is 0 Å². The third kappa shape index (κ3) is 66.7. The third-order valence-corrected chi connectivity index (χ3v) is 18.9. The maximum absolute atomic E-state index is 13.1. The smallest absolute Gasteiger partial charge is 0.462 e. The molecule has 0 aliphatic rings. The van der Waals surface area contributed by atoms with Crippen LogP contribution in [0.2, 0.25) is 0 Å². The van der Waals surface area contributed by atoms with Crippen molar-refractivity contribution in [2.24, 2.45) is 11.8 Å². The highest BCUT2D eigenvalue weighted by Gasteiger charge is 2.30. The predicted octanol–water partition coefficient (Wildman–Crippen LogP) is 21.2. The number of hydrogen-bond donors (Lipinski definition) is 3. The summed E-state index contributed by atoms with van der Waals surface area (Å²) in [7, 11) is -9.90. The Morgan fingerprint density at radius 1 is 0.293 bits per heavy atom. The molecule has 0 amide bonds. The first-order valence-electron chi connectivity index (χ1n) is 38.0. The van der Waals surface area contributed by atoms with Crippen LogP contribution in [0.3, 0.4) is 0 Å². The number of unbranched alkanes of at least 4 members (excludes halogenated alkanes) is 42. The van der Waals surface area contributed by atoms with E-state index in [1.165, 1.54) is 186 Å². The summed E-state index contributed by atoms with van der Waals surface area (Å²) in [5.74, 6) is -0.725. The zero-order valence-corrected chi connectivity index (χ0v) is 61.6. The van der Waals surface area contributed by atoms with Crippen molar-refractivity contribution in [3.05, 3.63) is 0 Å². The van der Waals surface area contributed by atoms with Crippen LogP contribution in [0, 0.1) is 11.8 Å². The zero-order valence-electron chi connectivity index (χ0n) is 59.9. The highest BCUT2D eigenvalue weighted by atomic mass is 31.2. The molecular weight excluding hydrogens is 1210 g/mol. The molecule has 0 aromatic heterocycles. The molecule has 5 atom stereocenters. The molecule has 0 saturated carbocycles. The number of hydrogen-bond acceptors (Lipinski definition) is 15. The van der Waals surface area contributed by atoms with Gasteiger partial charge in [-0.25, -0.2) is 9.13 Å². The van der Waals surface area contributed by atoms with E-state index >= 15 is 0 Å². The van der Waals surface area contributed by atoms with Crippen LogP contribution in [0.5, 0.6) is 0 Å². The lowest BCUT2D eigenvalue weighted by Gasteiger charge is -2.21. The van der Waals surface area contributed by atoms with Crippen LogP contribution in [0.15, 0.2) is 0 Å². The van der Waals surface area contributed by atoms with Crippen LogP contribution in [0.1, 0.15) is 375 Å². The van der Waals surface area contributed by atoms with E-state index in [1.54, 1.807) is 0 Å². The Morgan fingerprint density at radius 2 is 0.500 bits per heavy atom. The minimum Gasteiger partial charge on any atom is -0.462 e. The van der Waals surface area contributed by atoms with E-state index in [0.29, 0.717) is 31.6 Å². The van der Waals surface area contributed by atoms with Gasteiger partial charge in [0.25, 0.3) is 0 Å². The molecule has 0 rings (SSSR count). The van der Waals surface area contributed by atoms with E-state index in [1.807, 2.05) is 0 Å². The highest BCUT2D eigenvalue weighted by Crippen LogP contribution is 2.45. The molecule has 2 unspecified atom stereocenters. The van der Waals surface area contributed by atoms with Crippen molar-refractivity contribution in [1.29, 1.82) is 0 Å². The normalized spacial score (nSPS) is 14.1. The van der Waals surface area contributed by atoms with E-state index in [-0.39, 0.29) is 25.7 Å². The summed E-state index contributed by atoms with van der Waals surface area (Å²) < 4.78 is 68.4. The highest BCUT2D eigenvalue weighted by molar-refractivity contribution is 7.47. The topological polar surface area (TPSA) is 237 Å². The van der Waals surface area contributed by atoms with Gasteiger partial charge in [0.15, 0.2) is 12.2 Å². The SMILES string of the molecule is CCCCCCCCCCCCCCCCCCCCC(=O)O[C@H](COC(=O)CCCCCCCCCCCCCCCC)COP(=O)(O)OC[C@@H](O)COP(=O)(O)OC[C@@H](COC(=O)CCCCCCCCC(C)C)OC(=O)CCCCCCCCCCC(C)C. The summed E-state index contributed by atoms with van der Waals surface area (Å²) in [4.78, 5) is 72.6. The molecule has 0 aliphatic carbocycles. The lowest BCUT2D eigenvalue weighted by atomic mass is 10.0. The number of ether oxygens (including phenoxy) is 4. The van der Waals surface area contributed by atoms with Gasteiger partial charge >= 0.3 is 39.5 Å². The average Bonchev–Trinajstić information content (AvgIpc) is 2.44. The fourth-order valence-corrected chi connectivity index (χ4v) is 12.7. The molecular formula is C73H142O17P2. The molecule has 0 aromatic carbocycles. The molecule has 19 heteroatoms. The van der Waals surface area contributed by atoms with Crippen LogP contribution in [0.4, 0.5) is 0 Å². The van der Waals surface area contributed by atoms with Gasteiger partial charge in [-0.2, -0.15) is 0 Å². The Labute approximate surface area is 562 Å². The Balaban J connectivity index is 5.22. The van der Waals surface area contributed by atoms with Gasteiger partial charge in [-0.1, -0.05) is 324 Å². The quantitative estimate of drug-likeness (QED) is 0.0222.